The van der Waals surface area contributed by atoms with E-state index in [1.54, 1.807) is 7.11 Å². The third-order valence-corrected chi connectivity index (χ3v) is 3.93. The van der Waals surface area contributed by atoms with E-state index in [-0.39, 0.29) is 35.4 Å². The number of aliphatic imine (C=N–C) groups is 1. The number of halogens is 1. The molecule has 4 nitrogen and oxygen atoms in total. The Kier molecular flexibility index (Phi) is 8.98. The number of ether oxygens (including phenoxy) is 1. The maximum Gasteiger partial charge on any atom is 0.188 e. The summed E-state index contributed by atoms with van der Waals surface area (Å²) in [5, 5.41) is 3.15. The van der Waals surface area contributed by atoms with Crippen molar-refractivity contribution >= 4 is 29.9 Å². The van der Waals surface area contributed by atoms with Crippen molar-refractivity contribution in [2.45, 2.75) is 52.5 Å². The van der Waals surface area contributed by atoms with E-state index >= 15 is 0 Å². The van der Waals surface area contributed by atoms with Gasteiger partial charge in [-0.3, -0.25) is 4.99 Å². The van der Waals surface area contributed by atoms with E-state index in [1.165, 1.54) is 25.7 Å². The van der Waals surface area contributed by atoms with Crippen LogP contribution in [0.25, 0.3) is 0 Å². The molecule has 5 heteroatoms. The fourth-order valence-corrected chi connectivity index (χ4v) is 2.72. The molecule has 0 aromatic rings. The van der Waals surface area contributed by atoms with Crippen LogP contribution in [0.4, 0.5) is 0 Å². The first-order valence-corrected chi connectivity index (χ1v) is 7.01. The van der Waals surface area contributed by atoms with Crippen LogP contribution in [0.1, 0.15) is 46.5 Å². The highest BCUT2D eigenvalue weighted by atomic mass is 127. The molecule has 3 N–H and O–H groups in total. The summed E-state index contributed by atoms with van der Waals surface area (Å²) in [5.74, 6) is 1.33. The molecular formula is C14H30IN3O. The second-order valence-corrected chi connectivity index (χ2v) is 6.17. The second kappa shape index (κ2) is 9.00. The number of methoxy groups -OCH3 is 1. The molecule has 0 aliphatic heterocycles. The van der Waals surface area contributed by atoms with Gasteiger partial charge in [-0.15, -0.1) is 24.0 Å². The zero-order chi connectivity index (χ0) is 13.6. The monoisotopic (exact) mass is 383 g/mol. The van der Waals surface area contributed by atoms with Crippen LogP contribution in [-0.4, -0.2) is 32.3 Å². The largest absolute Gasteiger partial charge is 0.383 e. The molecule has 1 saturated carbocycles. The zero-order valence-corrected chi connectivity index (χ0v) is 15.1. The third-order valence-electron chi connectivity index (χ3n) is 3.93. The molecular weight excluding hydrogens is 353 g/mol. The Morgan fingerprint density at radius 3 is 2.53 bits per heavy atom. The number of nitrogens with two attached hydrogens (primary N) is 1. The summed E-state index contributed by atoms with van der Waals surface area (Å²) in [6, 6.07) is 0.202. The summed E-state index contributed by atoms with van der Waals surface area (Å²) < 4.78 is 5.06. The van der Waals surface area contributed by atoms with Crippen LogP contribution in [0.3, 0.4) is 0 Å². The highest BCUT2D eigenvalue weighted by Crippen LogP contribution is 2.39. The highest BCUT2D eigenvalue weighted by Gasteiger charge is 2.31. The predicted molar refractivity (Wildman–Crippen MR) is 92.1 cm³/mol. The zero-order valence-electron chi connectivity index (χ0n) is 12.7. The average molecular weight is 383 g/mol. The van der Waals surface area contributed by atoms with Gasteiger partial charge in [-0.1, -0.05) is 26.7 Å². The van der Waals surface area contributed by atoms with Crippen molar-refractivity contribution in [3.8, 4) is 0 Å². The lowest BCUT2D eigenvalue weighted by Gasteiger charge is -2.30. The van der Waals surface area contributed by atoms with Crippen molar-refractivity contribution in [3.05, 3.63) is 0 Å². The Balaban J connectivity index is 0.00000324. The van der Waals surface area contributed by atoms with E-state index in [4.69, 9.17) is 10.5 Å². The van der Waals surface area contributed by atoms with Crippen molar-refractivity contribution in [1.29, 1.82) is 0 Å². The summed E-state index contributed by atoms with van der Waals surface area (Å²) in [4.78, 5) is 4.49. The van der Waals surface area contributed by atoms with Gasteiger partial charge in [-0.25, -0.2) is 0 Å². The lowest BCUT2D eigenvalue weighted by atomic mass is 9.78. The molecule has 0 radical (unpaired) electrons. The van der Waals surface area contributed by atoms with Gasteiger partial charge in [-0.05, 0) is 31.1 Å². The van der Waals surface area contributed by atoms with Gasteiger partial charge in [0.15, 0.2) is 5.96 Å². The Hall–Kier alpha value is -0.0400. The quantitative estimate of drug-likeness (QED) is 0.421. The van der Waals surface area contributed by atoms with Crippen molar-refractivity contribution < 1.29 is 4.74 Å². The number of guanidine groups is 1. The second-order valence-electron chi connectivity index (χ2n) is 6.17. The standard InChI is InChI=1S/C14H29N3O.HI/c1-11(9-18-4)17-13(15)16-10-14(2,3)12-7-5-6-8-12;/h11-12H,5-10H2,1-4H3,(H3,15,16,17);1H. The van der Waals surface area contributed by atoms with Crippen LogP contribution in [0.2, 0.25) is 0 Å². The molecule has 0 heterocycles. The SMILES string of the molecule is COCC(C)NC(N)=NCC(C)(C)C1CCCC1.I. The molecule has 1 aliphatic carbocycles. The van der Waals surface area contributed by atoms with E-state index in [9.17, 15) is 0 Å². The summed E-state index contributed by atoms with van der Waals surface area (Å²) in [5.41, 5.74) is 6.15. The van der Waals surface area contributed by atoms with Gasteiger partial charge in [0.25, 0.3) is 0 Å². The molecule has 0 saturated heterocycles. The first-order valence-electron chi connectivity index (χ1n) is 7.01. The first-order chi connectivity index (χ1) is 8.45. The fraction of sp³-hybridized carbons (Fsp3) is 0.929. The molecule has 1 aliphatic rings. The minimum Gasteiger partial charge on any atom is -0.383 e. The lowest BCUT2D eigenvalue weighted by molar-refractivity contribution is 0.179. The van der Waals surface area contributed by atoms with Crippen LogP contribution in [-0.2, 0) is 4.74 Å². The normalized spacial score (nSPS) is 19.1. The number of nitrogens with zero attached hydrogens (tertiary/aromatic N) is 1. The molecule has 19 heavy (non-hydrogen) atoms. The Labute approximate surface area is 135 Å². The summed E-state index contributed by atoms with van der Waals surface area (Å²) in [7, 11) is 1.69. The lowest BCUT2D eigenvalue weighted by Crippen LogP contribution is -2.41. The molecule has 1 fully saturated rings. The summed E-state index contributed by atoms with van der Waals surface area (Å²) in [6.07, 6.45) is 5.43. The van der Waals surface area contributed by atoms with Crippen LogP contribution < -0.4 is 11.1 Å². The van der Waals surface area contributed by atoms with Crippen molar-refractivity contribution in [1.82, 2.24) is 5.32 Å². The van der Waals surface area contributed by atoms with Crippen molar-refractivity contribution in [2.75, 3.05) is 20.3 Å². The van der Waals surface area contributed by atoms with E-state index in [0.29, 0.717) is 12.6 Å². The summed E-state index contributed by atoms with van der Waals surface area (Å²) in [6.45, 7) is 8.09. The van der Waals surface area contributed by atoms with Gasteiger partial charge in [0.2, 0.25) is 0 Å². The van der Waals surface area contributed by atoms with Gasteiger partial charge in [-0.2, -0.15) is 0 Å². The molecule has 1 atom stereocenters. The Bertz CT molecular complexity index is 276. The van der Waals surface area contributed by atoms with E-state index < -0.39 is 0 Å². The van der Waals surface area contributed by atoms with Gasteiger partial charge >= 0.3 is 0 Å². The van der Waals surface area contributed by atoms with Gasteiger partial charge in [0.1, 0.15) is 0 Å². The number of hydrogen-bond acceptors (Lipinski definition) is 2. The third kappa shape index (κ3) is 6.79. The van der Waals surface area contributed by atoms with Crippen LogP contribution >= 0.6 is 24.0 Å². The van der Waals surface area contributed by atoms with Crippen molar-refractivity contribution in [2.24, 2.45) is 22.1 Å². The maximum absolute atomic E-state index is 5.89. The van der Waals surface area contributed by atoms with Crippen LogP contribution in [0, 0.1) is 11.3 Å². The minimum absolute atomic E-state index is 0. The average Bonchev–Trinajstić information content (AvgIpc) is 2.81. The Morgan fingerprint density at radius 1 is 1.42 bits per heavy atom. The number of nitrogens with one attached hydrogen (secondary N) is 1. The molecule has 0 aromatic heterocycles. The minimum atomic E-state index is 0. The number of hydrogen-bond donors (Lipinski definition) is 2. The smallest absolute Gasteiger partial charge is 0.188 e. The van der Waals surface area contributed by atoms with Crippen molar-refractivity contribution in [3.63, 3.8) is 0 Å². The molecule has 0 amide bonds. The van der Waals surface area contributed by atoms with E-state index in [0.717, 1.165) is 12.5 Å². The molecule has 0 aromatic carbocycles. The number of rotatable bonds is 6. The topological polar surface area (TPSA) is 59.6 Å². The first kappa shape index (κ1) is 19.0. The van der Waals surface area contributed by atoms with Gasteiger partial charge in [0, 0.05) is 19.7 Å². The maximum atomic E-state index is 5.89. The van der Waals surface area contributed by atoms with Gasteiger partial charge in [0.05, 0.1) is 6.61 Å². The molecule has 1 rings (SSSR count). The molecule has 114 valence electrons. The van der Waals surface area contributed by atoms with Crippen LogP contribution in [0.5, 0.6) is 0 Å². The van der Waals surface area contributed by atoms with Gasteiger partial charge < -0.3 is 15.8 Å². The highest BCUT2D eigenvalue weighted by molar-refractivity contribution is 14.0. The van der Waals surface area contributed by atoms with E-state index in [1.807, 2.05) is 6.92 Å². The van der Waals surface area contributed by atoms with E-state index in [2.05, 4.69) is 24.2 Å². The fourth-order valence-electron chi connectivity index (χ4n) is 2.72. The molecule has 0 bridgehead atoms. The Morgan fingerprint density at radius 2 is 2.00 bits per heavy atom. The van der Waals surface area contributed by atoms with Crippen LogP contribution in [0.15, 0.2) is 4.99 Å². The predicted octanol–water partition coefficient (Wildman–Crippen LogP) is 2.76. The summed E-state index contributed by atoms with van der Waals surface area (Å²) >= 11 is 0. The molecule has 0 spiro atoms. The molecule has 1 unspecified atom stereocenters.